The number of fused-ring (bicyclic) bond motifs is 9. The van der Waals surface area contributed by atoms with Crippen molar-refractivity contribution in [2.75, 3.05) is 0 Å². The van der Waals surface area contributed by atoms with Gasteiger partial charge >= 0.3 is 4.87 Å². The molecule has 7 atom stereocenters. The van der Waals surface area contributed by atoms with E-state index in [0.29, 0.717) is 5.02 Å². The van der Waals surface area contributed by atoms with Crippen molar-refractivity contribution in [2.45, 2.75) is 42.4 Å². The number of aromatic amines is 1. The van der Waals surface area contributed by atoms with Gasteiger partial charge in [0.1, 0.15) is 0 Å². The van der Waals surface area contributed by atoms with Crippen LogP contribution in [-0.4, -0.2) is 33.3 Å². The summed E-state index contributed by atoms with van der Waals surface area (Å²) in [6.45, 7) is 4.40. The highest BCUT2D eigenvalue weighted by molar-refractivity contribution is 8.00. The quantitative estimate of drug-likeness (QED) is 0.521. The summed E-state index contributed by atoms with van der Waals surface area (Å²) in [5.41, 5.74) is 0.620. The van der Waals surface area contributed by atoms with E-state index >= 15 is 0 Å². The van der Waals surface area contributed by atoms with E-state index in [9.17, 15) is 14.4 Å². The summed E-state index contributed by atoms with van der Waals surface area (Å²) in [6.07, 6.45) is 3.35. The number of imide groups is 1. The third-order valence-electron chi connectivity index (χ3n) is 8.13. The number of thiazole rings is 1. The van der Waals surface area contributed by atoms with E-state index < -0.39 is 0 Å². The van der Waals surface area contributed by atoms with Gasteiger partial charge in [0.15, 0.2) is 0 Å². The molecule has 3 fully saturated rings. The fraction of sp³-hybridized carbons (Fsp3) is 0.478. The van der Waals surface area contributed by atoms with Gasteiger partial charge < -0.3 is 4.98 Å². The Hall–Kier alpha value is -1.90. The molecule has 1 aromatic carbocycles. The Kier molecular flexibility index (Phi) is 4.56. The standard InChI is InChI=1S/C23H22ClN3O3S2/c1-3-23(2)16-12-8-13(17(16)31-19-18(23)32-22(30)26-19)15-14(12)20(28)27(21(15)29)25-9-10-4-6-11(24)7-5-10/h4-7,9,12-17H,3,8H2,1-2H3,(H,26,30)/b25-9+. The Morgan fingerprint density at radius 3 is 2.56 bits per heavy atom. The van der Waals surface area contributed by atoms with Crippen molar-refractivity contribution in [3.8, 4) is 0 Å². The number of hydrazone groups is 1. The van der Waals surface area contributed by atoms with Gasteiger partial charge in [-0.25, -0.2) is 0 Å². The number of rotatable bonds is 3. The number of thioether (sulfide) groups is 1. The number of nitrogens with zero attached hydrogens (tertiary/aromatic N) is 2. The molecule has 2 aromatic rings. The van der Waals surface area contributed by atoms with Crippen molar-refractivity contribution in [1.82, 2.24) is 9.99 Å². The Bertz CT molecular complexity index is 1220. The predicted molar refractivity (Wildman–Crippen MR) is 125 cm³/mol. The summed E-state index contributed by atoms with van der Waals surface area (Å²) in [6, 6.07) is 7.11. The van der Waals surface area contributed by atoms with Crippen LogP contribution in [0.3, 0.4) is 0 Å². The molecule has 2 aliphatic carbocycles. The minimum absolute atomic E-state index is 0.0236. The molecule has 6 rings (SSSR count). The molecule has 1 saturated heterocycles. The molecule has 7 unspecified atom stereocenters. The molecule has 0 spiro atoms. The van der Waals surface area contributed by atoms with Crippen molar-refractivity contribution in [2.24, 2.45) is 34.7 Å². The van der Waals surface area contributed by atoms with Gasteiger partial charge in [-0.1, -0.05) is 48.9 Å². The lowest BCUT2D eigenvalue weighted by Gasteiger charge is -2.48. The normalized spacial score (nSPS) is 37.3. The van der Waals surface area contributed by atoms with Gasteiger partial charge in [0.25, 0.3) is 11.8 Å². The second-order valence-corrected chi connectivity index (χ2v) is 12.1. The minimum atomic E-state index is -0.309. The van der Waals surface area contributed by atoms with Crippen LogP contribution in [-0.2, 0) is 15.0 Å². The number of nitrogens with one attached hydrogen (secondary N) is 1. The molecule has 32 heavy (non-hydrogen) atoms. The average molecular weight is 488 g/mol. The van der Waals surface area contributed by atoms with Crippen LogP contribution in [0.25, 0.3) is 0 Å². The molecule has 3 heterocycles. The van der Waals surface area contributed by atoms with Crippen molar-refractivity contribution >= 4 is 52.7 Å². The SMILES string of the molecule is CCC1(C)c2sc(=O)[nH]c2SC2C3CC(C4C(=O)N(/N=C/c5ccc(Cl)cc5)C(=O)C34)C21. The Balaban J connectivity index is 1.34. The molecule has 166 valence electrons. The third kappa shape index (κ3) is 2.66. The van der Waals surface area contributed by atoms with Crippen LogP contribution in [0.4, 0.5) is 0 Å². The van der Waals surface area contributed by atoms with Crippen LogP contribution in [0, 0.1) is 29.6 Å². The van der Waals surface area contributed by atoms with Gasteiger partial charge in [-0.3, -0.25) is 14.4 Å². The largest absolute Gasteiger partial charge is 0.307 e. The Morgan fingerprint density at radius 2 is 1.88 bits per heavy atom. The van der Waals surface area contributed by atoms with Crippen LogP contribution in [0.2, 0.25) is 5.02 Å². The molecule has 9 heteroatoms. The monoisotopic (exact) mass is 487 g/mol. The second kappa shape index (κ2) is 7.05. The molecule has 0 radical (unpaired) electrons. The molecular formula is C23H22ClN3O3S2. The molecule has 2 saturated carbocycles. The van der Waals surface area contributed by atoms with E-state index in [1.165, 1.54) is 11.3 Å². The molecule has 6 nitrogen and oxygen atoms in total. The van der Waals surface area contributed by atoms with E-state index in [2.05, 4.69) is 23.9 Å². The number of halogens is 1. The Morgan fingerprint density at radius 1 is 1.19 bits per heavy atom. The lowest BCUT2D eigenvalue weighted by Crippen LogP contribution is -2.49. The van der Waals surface area contributed by atoms with Crippen molar-refractivity contribution < 1.29 is 9.59 Å². The highest BCUT2D eigenvalue weighted by Gasteiger charge is 2.71. The van der Waals surface area contributed by atoms with Crippen LogP contribution in [0.15, 0.2) is 39.2 Å². The molecule has 2 bridgehead atoms. The fourth-order valence-corrected chi connectivity index (χ4v) is 9.99. The number of aromatic nitrogens is 1. The van der Waals surface area contributed by atoms with Gasteiger partial charge in [0, 0.05) is 20.6 Å². The zero-order valence-electron chi connectivity index (χ0n) is 17.6. The van der Waals surface area contributed by atoms with E-state index in [1.807, 2.05) is 0 Å². The lowest BCUT2D eigenvalue weighted by atomic mass is 9.62. The molecule has 2 aliphatic heterocycles. The molecule has 4 aliphatic rings. The van der Waals surface area contributed by atoms with Crippen LogP contribution < -0.4 is 4.87 Å². The van der Waals surface area contributed by atoms with E-state index in [1.54, 1.807) is 42.2 Å². The van der Waals surface area contributed by atoms with E-state index in [0.717, 1.165) is 33.3 Å². The van der Waals surface area contributed by atoms with Gasteiger partial charge in [-0.2, -0.15) is 10.1 Å². The summed E-state index contributed by atoms with van der Waals surface area (Å²) in [7, 11) is 0. The smallest absolute Gasteiger partial charge is 0.305 e. The molecular weight excluding hydrogens is 466 g/mol. The fourth-order valence-electron chi connectivity index (χ4n) is 6.66. The van der Waals surface area contributed by atoms with Gasteiger partial charge in [0.05, 0.1) is 23.1 Å². The second-order valence-electron chi connectivity index (χ2n) is 9.45. The first-order chi connectivity index (χ1) is 15.3. The molecule has 1 aromatic heterocycles. The maximum Gasteiger partial charge on any atom is 0.305 e. The highest BCUT2D eigenvalue weighted by Crippen LogP contribution is 2.69. The van der Waals surface area contributed by atoms with Crippen LogP contribution in [0.1, 0.15) is 37.1 Å². The van der Waals surface area contributed by atoms with Crippen molar-refractivity contribution in [1.29, 1.82) is 0 Å². The van der Waals surface area contributed by atoms with Crippen LogP contribution >= 0.6 is 34.7 Å². The molecule has 2 amide bonds. The van der Waals surface area contributed by atoms with Gasteiger partial charge in [-0.15, -0.1) is 11.8 Å². The zero-order valence-corrected chi connectivity index (χ0v) is 20.0. The first-order valence-electron chi connectivity index (χ1n) is 10.9. The summed E-state index contributed by atoms with van der Waals surface area (Å²) in [5, 5.41) is 7.22. The third-order valence-corrected chi connectivity index (χ3v) is 11.1. The number of amides is 2. The predicted octanol–water partition coefficient (Wildman–Crippen LogP) is 4.13. The lowest BCUT2D eigenvalue weighted by molar-refractivity contribution is -0.140. The Labute approximate surface area is 198 Å². The average Bonchev–Trinajstić information content (AvgIpc) is 3.50. The summed E-state index contributed by atoms with van der Waals surface area (Å²) in [4.78, 5) is 43.0. The number of hydrogen-bond acceptors (Lipinski definition) is 6. The molecule has 1 N–H and O–H groups in total. The summed E-state index contributed by atoms with van der Waals surface area (Å²) in [5.74, 6) is -0.414. The number of hydrogen-bond donors (Lipinski definition) is 1. The maximum absolute atomic E-state index is 13.4. The maximum atomic E-state index is 13.4. The first kappa shape index (κ1) is 20.7. The number of H-pyrrole nitrogens is 1. The number of carbonyl (C=O) groups excluding carboxylic acids is 2. The first-order valence-corrected chi connectivity index (χ1v) is 13.0. The topological polar surface area (TPSA) is 82.6 Å². The van der Waals surface area contributed by atoms with Crippen molar-refractivity contribution in [3.63, 3.8) is 0 Å². The summed E-state index contributed by atoms with van der Waals surface area (Å²) < 4.78 is 0. The summed E-state index contributed by atoms with van der Waals surface area (Å²) >= 11 is 8.95. The van der Waals surface area contributed by atoms with Gasteiger partial charge in [-0.05, 0) is 48.3 Å². The van der Waals surface area contributed by atoms with E-state index in [4.69, 9.17) is 11.6 Å². The number of benzene rings is 1. The van der Waals surface area contributed by atoms with Gasteiger partial charge in [0.2, 0.25) is 0 Å². The van der Waals surface area contributed by atoms with Crippen LogP contribution in [0.5, 0.6) is 0 Å². The zero-order chi connectivity index (χ0) is 22.4. The van der Waals surface area contributed by atoms with Crippen molar-refractivity contribution in [3.05, 3.63) is 49.4 Å². The highest BCUT2D eigenvalue weighted by atomic mass is 35.5. The minimum Gasteiger partial charge on any atom is -0.307 e. The van der Waals surface area contributed by atoms with E-state index in [-0.39, 0.29) is 56.9 Å². The number of carbonyl (C=O) groups is 2.